The first-order valence-corrected chi connectivity index (χ1v) is 14.7. The van der Waals surface area contributed by atoms with Gasteiger partial charge in [-0.1, -0.05) is 25.5 Å². The molecular weight excluding hydrogens is 496 g/mol. The summed E-state index contributed by atoms with van der Waals surface area (Å²) < 4.78 is 20.9. The number of amides is 1. The number of epoxide rings is 2. The molecule has 1 spiro atoms. The van der Waals surface area contributed by atoms with E-state index in [0.717, 1.165) is 38.2 Å². The zero-order chi connectivity index (χ0) is 28.1. The summed E-state index contributed by atoms with van der Waals surface area (Å²) in [5.41, 5.74) is 0.561. The molecule has 218 valence electrons. The van der Waals surface area contributed by atoms with Gasteiger partial charge in [-0.3, -0.25) is 4.90 Å². The average Bonchev–Trinajstić information content (AvgIpc) is 3.66. The molecule has 39 heavy (non-hydrogen) atoms. The van der Waals surface area contributed by atoms with Crippen LogP contribution in [-0.4, -0.2) is 93.4 Å². The van der Waals surface area contributed by atoms with Crippen LogP contribution in [0.25, 0.3) is 0 Å². The van der Waals surface area contributed by atoms with Crippen LogP contribution in [0.3, 0.4) is 0 Å². The number of hydrogen-bond acceptors (Lipinski definition) is 6. The van der Waals surface area contributed by atoms with E-state index in [1.165, 1.54) is 12.0 Å². The fourth-order valence-electron chi connectivity index (χ4n) is 7.65. The predicted octanol–water partition coefficient (Wildman–Crippen LogP) is 4.73. The molecule has 5 rings (SSSR count). The number of ether oxygens (including phenoxy) is 3. The highest BCUT2D eigenvalue weighted by Gasteiger charge is 2.72. The summed E-state index contributed by atoms with van der Waals surface area (Å²) in [4.78, 5) is 22.0. The Kier molecular flexibility index (Phi) is 7.92. The summed E-state index contributed by atoms with van der Waals surface area (Å²) >= 11 is 0. The number of rotatable bonds is 10. The van der Waals surface area contributed by atoms with Crippen LogP contribution < -0.4 is 0 Å². The number of carbonyl (C=O) groups is 1. The van der Waals surface area contributed by atoms with Crippen LogP contribution in [0.15, 0.2) is 24.0 Å². The van der Waals surface area contributed by atoms with Crippen LogP contribution in [0, 0.1) is 11.8 Å². The number of likely N-dealkylation sites (tertiary alicyclic amines) is 1. The average molecular weight is 545 g/mol. The highest BCUT2D eigenvalue weighted by molar-refractivity contribution is 5.66. The van der Waals surface area contributed by atoms with E-state index in [4.69, 9.17) is 19.2 Å². The molecule has 1 N–H and O–H groups in total. The van der Waals surface area contributed by atoms with Gasteiger partial charge in [-0.25, -0.2) is 9.78 Å². The van der Waals surface area contributed by atoms with E-state index in [1.807, 2.05) is 12.4 Å². The van der Waals surface area contributed by atoms with Crippen molar-refractivity contribution in [3.63, 3.8) is 0 Å². The molecule has 1 saturated carbocycles. The number of hydrogen-bond donors (Lipinski definition) is 1. The fourth-order valence-corrected chi connectivity index (χ4v) is 7.65. The van der Waals surface area contributed by atoms with Gasteiger partial charge in [-0.15, -0.1) is 0 Å². The van der Waals surface area contributed by atoms with Crippen molar-refractivity contribution in [1.29, 1.82) is 0 Å². The van der Waals surface area contributed by atoms with Gasteiger partial charge in [0, 0.05) is 38.0 Å². The highest BCUT2D eigenvalue weighted by Crippen LogP contribution is 2.60. The Balaban J connectivity index is 1.46. The van der Waals surface area contributed by atoms with Crippen molar-refractivity contribution in [2.75, 3.05) is 27.3 Å². The van der Waals surface area contributed by atoms with Crippen LogP contribution in [0.1, 0.15) is 78.6 Å². The molecule has 1 aromatic rings. The van der Waals surface area contributed by atoms with Crippen molar-refractivity contribution in [2.45, 2.75) is 115 Å². The maximum Gasteiger partial charge on any atom is 0.408 e. The van der Waals surface area contributed by atoms with E-state index in [9.17, 15) is 9.90 Å². The molecule has 1 aliphatic carbocycles. The van der Waals surface area contributed by atoms with Gasteiger partial charge in [0.1, 0.15) is 11.4 Å². The second-order valence-electron chi connectivity index (χ2n) is 13.0. The van der Waals surface area contributed by atoms with Crippen LogP contribution in [0.4, 0.5) is 4.79 Å². The van der Waals surface area contributed by atoms with Crippen molar-refractivity contribution < 1.29 is 24.1 Å². The Morgan fingerprint density at radius 2 is 2.10 bits per heavy atom. The standard InChI is InChI=1S/C30H48N4O5/c1-19(2)10-11-23-29(5,39-23)26-25(37-7)22(12-13-30(26)18-38-30)34(28(35)36)24(20(3)4)27-31-14-16-33(27)17-21-9-8-15-32(21)6/h10,14,16,20-26H,8-9,11-13,15,17-18H2,1-7H3,(H,35,36)/t21-,22-,23-,24+,25-,26-,29+,30+/m1/s1. The minimum Gasteiger partial charge on any atom is -0.465 e. The van der Waals surface area contributed by atoms with E-state index in [-0.39, 0.29) is 35.7 Å². The number of carboxylic acid groups (broad SMARTS) is 1. The molecule has 4 fully saturated rings. The smallest absolute Gasteiger partial charge is 0.408 e. The Labute approximate surface area is 233 Å². The van der Waals surface area contributed by atoms with Gasteiger partial charge in [-0.2, -0.15) is 0 Å². The molecule has 0 bridgehead atoms. The van der Waals surface area contributed by atoms with Crippen molar-refractivity contribution in [3.8, 4) is 0 Å². The van der Waals surface area contributed by atoms with E-state index < -0.39 is 17.7 Å². The number of nitrogens with zero attached hydrogens (tertiary/aromatic N) is 4. The van der Waals surface area contributed by atoms with Crippen LogP contribution in [-0.2, 0) is 20.8 Å². The third kappa shape index (κ3) is 5.27. The quantitative estimate of drug-likeness (QED) is 0.336. The summed E-state index contributed by atoms with van der Waals surface area (Å²) in [5.74, 6) is 0.800. The van der Waals surface area contributed by atoms with Gasteiger partial charge in [0.25, 0.3) is 0 Å². The lowest BCUT2D eigenvalue weighted by Gasteiger charge is -2.49. The second kappa shape index (κ2) is 10.8. The second-order valence-corrected chi connectivity index (χ2v) is 13.0. The molecule has 1 aromatic heterocycles. The zero-order valence-electron chi connectivity index (χ0n) is 24.8. The summed E-state index contributed by atoms with van der Waals surface area (Å²) in [6, 6.07) is -0.286. The number of allylic oxidation sites excluding steroid dienone is 1. The molecule has 4 heterocycles. The van der Waals surface area contributed by atoms with Gasteiger partial charge < -0.3 is 28.8 Å². The van der Waals surface area contributed by atoms with Crippen LogP contribution in [0.2, 0.25) is 0 Å². The molecule has 9 heteroatoms. The lowest BCUT2D eigenvalue weighted by atomic mass is 9.67. The summed E-state index contributed by atoms with van der Waals surface area (Å²) in [5, 5.41) is 10.8. The van der Waals surface area contributed by atoms with Crippen molar-refractivity contribution in [3.05, 3.63) is 29.9 Å². The first kappa shape index (κ1) is 28.6. The maximum atomic E-state index is 13.2. The number of likely N-dealkylation sites (N-methyl/N-ethyl adjacent to an activating group) is 1. The zero-order valence-corrected chi connectivity index (χ0v) is 24.8. The Hall–Kier alpha value is -1.94. The molecule has 8 atom stereocenters. The monoisotopic (exact) mass is 544 g/mol. The molecule has 3 aliphatic heterocycles. The fraction of sp³-hybridized carbons (Fsp3) is 0.800. The van der Waals surface area contributed by atoms with Crippen molar-refractivity contribution >= 4 is 6.09 Å². The number of methoxy groups -OCH3 is 1. The van der Waals surface area contributed by atoms with Gasteiger partial charge in [-0.05, 0) is 72.4 Å². The Morgan fingerprint density at radius 3 is 2.67 bits per heavy atom. The molecule has 0 unspecified atom stereocenters. The van der Waals surface area contributed by atoms with Gasteiger partial charge in [0.2, 0.25) is 0 Å². The molecule has 9 nitrogen and oxygen atoms in total. The lowest BCUT2D eigenvalue weighted by molar-refractivity contribution is -0.103. The van der Waals surface area contributed by atoms with Gasteiger partial charge >= 0.3 is 6.09 Å². The van der Waals surface area contributed by atoms with Gasteiger partial charge in [0.15, 0.2) is 0 Å². The third-order valence-electron chi connectivity index (χ3n) is 9.86. The molecule has 0 radical (unpaired) electrons. The van der Waals surface area contributed by atoms with Crippen LogP contribution >= 0.6 is 0 Å². The number of imidazole rings is 1. The Morgan fingerprint density at radius 1 is 1.36 bits per heavy atom. The molecule has 0 aromatic carbocycles. The molecular formula is C30H48N4O5. The SMILES string of the molecule is CO[C@@H]1[C@H](N(C(=O)O)[C@H](c2nccn2C[C@H]2CCCN2C)C(C)C)CC[C@]2(CO2)[C@H]1[C@@]1(C)O[C@@H]1CC=C(C)C. The number of aromatic nitrogens is 2. The van der Waals surface area contributed by atoms with Gasteiger partial charge in [0.05, 0.1) is 36.5 Å². The van der Waals surface area contributed by atoms with E-state index >= 15 is 0 Å². The highest BCUT2D eigenvalue weighted by atomic mass is 16.6. The van der Waals surface area contributed by atoms with E-state index in [1.54, 1.807) is 12.0 Å². The summed E-state index contributed by atoms with van der Waals surface area (Å²) in [6.07, 6.45) is 9.52. The maximum absolute atomic E-state index is 13.2. The van der Waals surface area contributed by atoms with Crippen molar-refractivity contribution in [2.24, 2.45) is 11.8 Å². The van der Waals surface area contributed by atoms with E-state index in [2.05, 4.69) is 57.2 Å². The predicted molar refractivity (Wildman–Crippen MR) is 149 cm³/mol. The lowest BCUT2D eigenvalue weighted by Crippen LogP contribution is -2.61. The molecule has 3 saturated heterocycles. The first-order chi connectivity index (χ1) is 18.5. The largest absolute Gasteiger partial charge is 0.465 e. The topological polar surface area (TPSA) is 95.9 Å². The minimum atomic E-state index is -0.928. The van der Waals surface area contributed by atoms with Crippen LogP contribution in [0.5, 0.6) is 0 Å². The van der Waals surface area contributed by atoms with E-state index in [0.29, 0.717) is 19.1 Å². The Bertz CT molecular complexity index is 1060. The third-order valence-corrected chi connectivity index (χ3v) is 9.86. The summed E-state index contributed by atoms with van der Waals surface area (Å²) in [6.45, 7) is 13.1. The summed E-state index contributed by atoms with van der Waals surface area (Å²) in [7, 11) is 3.88. The minimum absolute atomic E-state index is 0.0331. The van der Waals surface area contributed by atoms with Crippen molar-refractivity contribution in [1.82, 2.24) is 19.4 Å². The normalized spacial score (nSPS) is 36.8. The molecule has 1 amide bonds. The first-order valence-electron chi connectivity index (χ1n) is 14.7. The molecule has 4 aliphatic rings.